The number of ether oxygens (including phenoxy) is 2. The average Bonchev–Trinajstić information content (AvgIpc) is 2.39. The predicted molar refractivity (Wildman–Crippen MR) is 74.1 cm³/mol. The van der Waals surface area contributed by atoms with Gasteiger partial charge in [-0.15, -0.1) is 0 Å². The minimum Gasteiger partial charge on any atom is -0.486 e. The Bertz CT molecular complexity index is 455. The second-order valence-electron chi connectivity index (χ2n) is 5.16. The van der Waals surface area contributed by atoms with Gasteiger partial charge < -0.3 is 15.2 Å². The molecule has 0 spiro atoms. The Hall–Kier alpha value is -0.740. The van der Waals surface area contributed by atoms with Crippen molar-refractivity contribution in [3.05, 3.63) is 22.2 Å². The SMILES string of the molecule is NC1(c2c(Br)ccc3c2OCCO3)CCCCC1. The van der Waals surface area contributed by atoms with Crippen molar-refractivity contribution < 1.29 is 9.47 Å². The summed E-state index contributed by atoms with van der Waals surface area (Å²) >= 11 is 3.63. The highest BCUT2D eigenvalue weighted by atomic mass is 79.9. The average molecular weight is 312 g/mol. The van der Waals surface area contributed by atoms with Crippen LogP contribution in [0.1, 0.15) is 37.7 Å². The molecule has 0 unspecified atom stereocenters. The van der Waals surface area contributed by atoms with Gasteiger partial charge in [-0.3, -0.25) is 0 Å². The van der Waals surface area contributed by atoms with Gasteiger partial charge in [-0.05, 0) is 25.0 Å². The number of hydrogen-bond donors (Lipinski definition) is 1. The van der Waals surface area contributed by atoms with E-state index in [1.807, 2.05) is 12.1 Å². The lowest BCUT2D eigenvalue weighted by molar-refractivity contribution is 0.163. The Morgan fingerprint density at radius 1 is 1.06 bits per heavy atom. The summed E-state index contributed by atoms with van der Waals surface area (Å²) < 4.78 is 12.5. The molecule has 1 aromatic carbocycles. The molecule has 0 atom stereocenters. The normalized spacial score (nSPS) is 21.7. The summed E-state index contributed by atoms with van der Waals surface area (Å²) in [6.07, 6.45) is 5.70. The van der Waals surface area contributed by atoms with E-state index in [0.29, 0.717) is 13.2 Å². The lowest BCUT2D eigenvalue weighted by Gasteiger charge is -2.37. The molecule has 3 rings (SSSR count). The quantitative estimate of drug-likeness (QED) is 0.865. The third kappa shape index (κ3) is 2.01. The van der Waals surface area contributed by atoms with Crippen LogP contribution in [0.25, 0.3) is 0 Å². The molecule has 1 fully saturated rings. The zero-order valence-corrected chi connectivity index (χ0v) is 12.0. The molecule has 18 heavy (non-hydrogen) atoms. The second kappa shape index (κ2) is 4.74. The van der Waals surface area contributed by atoms with Crippen molar-refractivity contribution in [3.8, 4) is 11.5 Å². The minimum atomic E-state index is -0.275. The van der Waals surface area contributed by atoms with E-state index in [2.05, 4.69) is 15.9 Å². The smallest absolute Gasteiger partial charge is 0.167 e. The fraction of sp³-hybridized carbons (Fsp3) is 0.571. The topological polar surface area (TPSA) is 44.5 Å². The summed E-state index contributed by atoms with van der Waals surface area (Å²) in [5, 5.41) is 0. The van der Waals surface area contributed by atoms with E-state index in [4.69, 9.17) is 15.2 Å². The van der Waals surface area contributed by atoms with E-state index in [9.17, 15) is 0 Å². The van der Waals surface area contributed by atoms with Crippen molar-refractivity contribution in [1.29, 1.82) is 0 Å². The fourth-order valence-electron chi connectivity index (χ4n) is 2.99. The third-order valence-corrected chi connectivity index (χ3v) is 4.56. The first-order valence-electron chi connectivity index (χ1n) is 6.58. The summed E-state index contributed by atoms with van der Waals surface area (Å²) in [6, 6.07) is 3.97. The van der Waals surface area contributed by atoms with Gasteiger partial charge in [0.1, 0.15) is 13.2 Å². The molecule has 4 heteroatoms. The maximum absolute atomic E-state index is 6.64. The maximum Gasteiger partial charge on any atom is 0.167 e. The zero-order valence-electron chi connectivity index (χ0n) is 10.4. The van der Waals surface area contributed by atoms with Crippen LogP contribution >= 0.6 is 15.9 Å². The molecule has 0 radical (unpaired) electrons. The van der Waals surface area contributed by atoms with Gasteiger partial charge in [0.2, 0.25) is 0 Å². The summed E-state index contributed by atoms with van der Waals surface area (Å²) in [6.45, 7) is 1.22. The van der Waals surface area contributed by atoms with Crippen LogP contribution in [-0.2, 0) is 5.54 Å². The van der Waals surface area contributed by atoms with Gasteiger partial charge in [0.15, 0.2) is 11.5 Å². The lowest BCUT2D eigenvalue weighted by Crippen LogP contribution is -2.39. The monoisotopic (exact) mass is 311 g/mol. The van der Waals surface area contributed by atoms with E-state index < -0.39 is 0 Å². The Morgan fingerprint density at radius 2 is 1.78 bits per heavy atom. The molecule has 2 aliphatic rings. The Balaban J connectivity index is 2.09. The molecule has 0 amide bonds. The maximum atomic E-state index is 6.64. The van der Waals surface area contributed by atoms with Crippen molar-refractivity contribution in [2.24, 2.45) is 5.73 Å². The van der Waals surface area contributed by atoms with Crippen molar-refractivity contribution in [2.45, 2.75) is 37.6 Å². The molecule has 1 aliphatic heterocycles. The predicted octanol–water partition coefficient (Wildman–Crippen LogP) is 3.34. The van der Waals surface area contributed by atoms with Gasteiger partial charge >= 0.3 is 0 Å². The number of benzene rings is 1. The first-order chi connectivity index (χ1) is 8.71. The summed E-state index contributed by atoms with van der Waals surface area (Å²) in [5.41, 5.74) is 7.46. The Labute approximate surface area is 116 Å². The molecule has 0 aromatic heterocycles. The van der Waals surface area contributed by atoms with E-state index in [1.54, 1.807) is 0 Å². The zero-order chi connectivity index (χ0) is 12.6. The highest BCUT2D eigenvalue weighted by molar-refractivity contribution is 9.10. The third-order valence-electron chi connectivity index (χ3n) is 3.90. The molecule has 1 aromatic rings. The van der Waals surface area contributed by atoms with Gasteiger partial charge in [0.25, 0.3) is 0 Å². The van der Waals surface area contributed by atoms with Crippen LogP contribution in [0, 0.1) is 0 Å². The molecule has 2 N–H and O–H groups in total. The van der Waals surface area contributed by atoms with Gasteiger partial charge in [-0.25, -0.2) is 0 Å². The molecule has 0 bridgehead atoms. The van der Waals surface area contributed by atoms with E-state index in [0.717, 1.165) is 34.4 Å². The summed E-state index contributed by atoms with van der Waals surface area (Å²) in [5.74, 6) is 1.68. The van der Waals surface area contributed by atoms with Crippen LogP contribution in [0.3, 0.4) is 0 Å². The molecule has 98 valence electrons. The number of rotatable bonds is 1. The number of halogens is 1. The van der Waals surface area contributed by atoms with Crippen LogP contribution in [-0.4, -0.2) is 13.2 Å². The van der Waals surface area contributed by atoms with Crippen LogP contribution in [0.4, 0.5) is 0 Å². The van der Waals surface area contributed by atoms with Crippen molar-refractivity contribution in [1.82, 2.24) is 0 Å². The standard InChI is InChI=1S/C14H18BrNO2/c15-10-4-5-11-13(18-9-8-17-11)12(10)14(16)6-2-1-3-7-14/h4-5H,1-3,6-9,16H2. The van der Waals surface area contributed by atoms with Crippen molar-refractivity contribution in [3.63, 3.8) is 0 Å². The minimum absolute atomic E-state index is 0.275. The first kappa shape index (κ1) is 12.3. The largest absolute Gasteiger partial charge is 0.486 e. The van der Waals surface area contributed by atoms with Crippen molar-refractivity contribution in [2.75, 3.05) is 13.2 Å². The molecule has 1 aliphatic carbocycles. The van der Waals surface area contributed by atoms with Crippen LogP contribution < -0.4 is 15.2 Å². The molecular formula is C14H18BrNO2. The first-order valence-corrected chi connectivity index (χ1v) is 7.37. The second-order valence-corrected chi connectivity index (χ2v) is 6.02. The van der Waals surface area contributed by atoms with Crippen molar-refractivity contribution >= 4 is 15.9 Å². The molecular weight excluding hydrogens is 294 g/mol. The van der Waals surface area contributed by atoms with Gasteiger partial charge in [0, 0.05) is 15.6 Å². The van der Waals surface area contributed by atoms with Gasteiger partial charge in [-0.1, -0.05) is 35.2 Å². The van der Waals surface area contributed by atoms with E-state index in [1.165, 1.54) is 19.3 Å². The van der Waals surface area contributed by atoms with Crippen LogP contribution in [0.5, 0.6) is 11.5 Å². The number of fused-ring (bicyclic) bond motifs is 1. The summed E-state index contributed by atoms with van der Waals surface area (Å²) in [4.78, 5) is 0. The highest BCUT2D eigenvalue weighted by Crippen LogP contribution is 2.47. The summed E-state index contributed by atoms with van der Waals surface area (Å²) in [7, 11) is 0. The lowest BCUT2D eigenvalue weighted by atomic mass is 9.77. The molecule has 1 saturated carbocycles. The molecule has 0 saturated heterocycles. The Morgan fingerprint density at radius 3 is 2.56 bits per heavy atom. The number of nitrogens with two attached hydrogens (primary N) is 1. The fourth-order valence-corrected chi connectivity index (χ4v) is 3.70. The molecule has 1 heterocycles. The number of hydrogen-bond acceptors (Lipinski definition) is 3. The molecule has 3 nitrogen and oxygen atoms in total. The van der Waals surface area contributed by atoms with E-state index in [-0.39, 0.29) is 5.54 Å². The van der Waals surface area contributed by atoms with Gasteiger partial charge in [-0.2, -0.15) is 0 Å². The highest BCUT2D eigenvalue weighted by Gasteiger charge is 2.36. The van der Waals surface area contributed by atoms with Crippen LogP contribution in [0.15, 0.2) is 16.6 Å². The Kier molecular flexibility index (Phi) is 3.24. The van der Waals surface area contributed by atoms with E-state index >= 15 is 0 Å². The van der Waals surface area contributed by atoms with Gasteiger partial charge in [0.05, 0.1) is 0 Å². The van der Waals surface area contributed by atoms with Crippen LogP contribution in [0.2, 0.25) is 0 Å².